The maximum Gasteiger partial charge on any atom is 0.253 e. The van der Waals surface area contributed by atoms with Crippen molar-refractivity contribution >= 4 is 21.8 Å². The number of likely N-dealkylation sites (tertiary alicyclic amines) is 1. The molecule has 1 aliphatic heterocycles. The van der Waals surface area contributed by atoms with Gasteiger partial charge in [0.05, 0.1) is 4.90 Å². The van der Waals surface area contributed by atoms with Crippen molar-refractivity contribution in [2.24, 2.45) is 0 Å². The maximum absolute atomic E-state index is 13.1. The fraction of sp³-hybridized carbons (Fsp3) is 0.619. The molecule has 0 spiro atoms. The molecular formula is C21H31N3O4S. The molecule has 0 radical (unpaired) electrons. The molecular weight excluding hydrogens is 390 g/mol. The minimum atomic E-state index is -3.63. The fourth-order valence-electron chi connectivity index (χ4n) is 4.29. The van der Waals surface area contributed by atoms with E-state index < -0.39 is 10.0 Å². The zero-order valence-electron chi connectivity index (χ0n) is 17.3. The second-order valence-electron chi connectivity index (χ2n) is 8.11. The van der Waals surface area contributed by atoms with Crippen molar-refractivity contribution in [1.82, 2.24) is 14.5 Å². The first-order valence-electron chi connectivity index (χ1n) is 10.4. The van der Waals surface area contributed by atoms with Gasteiger partial charge in [-0.25, -0.2) is 8.42 Å². The van der Waals surface area contributed by atoms with Gasteiger partial charge in [0.15, 0.2) is 0 Å². The molecule has 2 amide bonds. The monoisotopic (exact) mass is 421 g/mol. The van der Waals surface area contributed by atoms with Crippen LogP contribution in [0.5, 0.6) is 0 Å². The third-order valence-electron chi connectivity index (χ3n) is 6.04. The predicted octanol–water partition coefficient (Wildman–Crippen LogP) is 2.38. The summed E-state index contributed by atoms with van der Waals surface area (Å²) in [6, 6.07) is 6.49. The molecule has 0 aromatic heterocycles. The van der Waals surface area contributed by atoms with Gasteiger partial charge in [0.1, 0.15) is 0 Å². The number of benzene rings is 1. The smallest absolute Gasteiger partial charge is 0.253 e. The molecule has 0 bridgehead atoms. The lowest BCUT2D eigenvalue weighted by Gasteiger charge is -2.32. The number of hydrogen-bond acceptors (Lipinski definition) is 4. The zero-order chi connectivity index (χ0) is 21.0. The summed E-state index contributed by atoms with van der Waals surface area (Å²) >= 11 is 0. The summed E-state index contributed by atoms with van der Waals surface area (Å²) in [4.78, 5) is 26.0. The van der Waals surface area contributed by atoms with Gasteiger partial charge in [-0.3, -0.25) is 9.59 Å². The van der Waals surface area contributed by atoms with Gasteiger partial charge >= 0.3 is 0 Å². The maximum atomic E-state index is 13.1. The summed E-state index contributed by atoms with van der Waals surface area (Å²) in [6.45, 7) is 2.58. The van der Waals surface area contributed by atoms with Crippen molar-refractivity contribution in [3.05, 3.63) is 29.8 Å². The Morgan fingerprint density at radius 3 is 2.34 bits per heavy atom. The van der Waals surface area contributed by atoms with Crippen molar-refractivity contribution in [3.63, 3.8) is 0 Å². The largest absolute Gasteiger partial charge is 0.353 e. The van der Waals surface area contributed by atoms with Crippen LogP contribution in [0, 0.1) is 0 Å². The van der Waals surface area contributed by atoms with Gasteiger partial charge in [-0.2, -0.15) is 4.31 Å². The SMILES string of the molecule is CC(=O)NC1CCN(C(=O)c2cccc(S(=O)(=O)N(C)C3CCCCC3)c2)CC1. The Labute approximate surface area is 173 Å². The predicted molar refractivity (Wildman–Crippen MR) is 111 cm³/mol. The molecule has 2 fully saturated rings. The molecule has 3 rings (SSSR count). The van der Waals surface area contributed by atoms with Gasteiger partial charge in [0.2, 0.25) is 15.9 Å². The van der Waals surface area contributed by atoms with Crippen LogP contribution in [0.2, 0.25) is 0 Å². The summed E-state index contributed by atoms with van der Waals surface area (Å²) in [6.07, 6.45) is 6.44. The molecule has 8 heteroatoms. The number of piperidine rings is 1. The van der Waals surface area contributed by atoms with Crippen molar-refractivity contribution in [1.29, 1.82) is 0 Å². The van der Waals surface area contributed by atoms with Crippen LogP contribution in [0.3, 0.4) is 0 Å². The number of carbonyl (C=O) groups excluding carboxylic acids is 2. The van der Waals surface area contributed by atoms with Crippen LogP contribution >= 0.6 is 0 Å². The van der Waals surface area contributed by atoms with Crippen LogP contribution in [-0.2, 0) is 14.8 Å². The Kier molecular flexibility index (Phi) is 6.95. The number of sulfonamides is 1. The van der Waals surface area contributed by atoms with E-state index in [1.54, 1.807) is 30.1 Å². The summed E-state index contributed by atoms with van der Waals surface area (Å²) in [5.41, 5.74) is 0.390. The molecule has 1 aromatic carbocycles. The van der Waals surface area contributed by atoms with Gasteiger partial charge in [-0.05, 0) is 43.9 Å². The van der Waals surface area contributed by atoms with Gasteiger partial charge in [-0.1, -0.05) is 25.3 Å². The van der Waals surface area contributed by atoms with E-state index in [2.05, 4.69) is 5.32 Å². The number of nitrogens with zero attached hydrogens (tertiary/aromatic N) is 2. The Bertz CT molecular complexity index is 841. The highest BCUT2D eigenvalue weighted by molar-refractivity contribution is 7.89. The first-order valence-corrected chi connectivity index (χ1v) is 11.9. The minimum Gasteiger partial charge on any atom is -0.353 e. The van der Waals surface area contributed by atoms with Crippen LogP contribution < -0.4 is 5.32 Å². The van der Waals surface area contributed by atoms with Crippen molar-refractivity contribution in [2.45, 2.75) is 68.8 Å². The average molecular weight is 422 g/mol. The van der Waals surface area contributed by atoms with E-state index in [9.17, 15) is 18.0 Å². The molecule has 7 nitrogen and oxygen atoms in total. The zero-order valence-corrected chi connectivity index (χ0v) is 18.1. The fourth-order valence-corrected chi connectivity index (χ4v) is 5.76. The highest BCUT2D eigenvalue weighted by Crippen LogP contribution is 2.27. The summed E-state index contributed by atoms with van der Waals surface area (Å²) < 4.78 is 27.7. The van der Waals surface area contributed by atoms with E-state index in [1.807, 2.05) is 0 Å². The van der Waals surface area contributed by atoms with E-state index >= 15 is 0 Å². The molecule has 1 saturated heterocycles. The van der Waals surface area contributed by atoms with E-state index in [0.29, 0.717) is 31.5 Å². The van der Waals surface area contributed by atoms with Crippen LogP contribution in [0.15, 0.2) is 29.2 Å². The van der Waals surface area contributed by atoms with Gasteiger partial charge in [-0.15, -0.1) is 0 Å². The molecule has 0 unspecified atom stereocenters. The van der Waals surface area contributed by atoms with E-state index in [0.717, 1.165) is 32.1 Å². The van der Waals surface area contributed by atoms with E-state index in [4.69, 9.17) is 0 Å². The van der Waals surface area contributed by atoms with Crippen LogP contribution in [0.4, 0.5) is 0 Å². The van der Waals surface area contributed by atoms with Gasteiger partial charge < -0.3 is 10.2 Å². The van der Waals surface area contributed by atoms with Crippen LogP contribution in [0.25, 0.3) is 0 Å². The number of carbonyl (C=O) groups is 2. The quantitative estimate of drug-likeness (QED) is 0.791. The lowest BCUT2D eigenvalue weighted by Crippen LogP contribution is -2.46. The molecule has 29 heavy (non-hydrogen) atoms. The standard InChI is InChI=1S/C21H31N3O4S/c1-16(25)22-18-11-13-24(14-12-18)21(26)17-7-6-10-20(15-17)29(27,28)23(2)19-8-4-3-5-9-19/h6-7,10,15,18-19H,3-5,8-9,11-14H2,1-2H3,(H,22,25). The Hall–Kier alpha value is -1.93. The van der Waals surface area contributed by atoms with Crippen molar-refractivity contribution in [2.75, 3.05) is 20.1 Å². The molecule has 2 aliphatic rings. The summed E-state index contributed by atoms with van der Waals surface area (Å²) in [5, 5.41) is 2.89. The van der Waals surface area contributed by atoms with Gasteiger partial charge in [0, 0.05) is 44.7 Å². The second-order valence-corrected chi connectivity index (χ2v) is 10.1. The number of rotatable bonds is 5. The summed E-state index contributed by atoms with van der Waals surface area (Å²) in [5.74, 6) is -0.224. The van der Waals surface area contributed by atoms with E-state index in [-0.39, 0.29) is 28.8 Å². The summed E-state index contributed by atoms with van der Waals surface area (Å²) in [7, 11) is -1.99. The minimum absolute atomic E-state index is 0.0286. The average Bonchev–Trinajstić information content (AvgIpc) is 2.73. The van der Waals surface area contributed by atoms with Crippen molar-refractivity contribution < 1.29 is 18.0 Å². The molecule has 1 saturated carbocycles. The third kappa shape index (κ3) is 5.17. The molecule has 1 N–H and O–H groups in total. The molecule has 160 valence electrons. The third-order valence-corrected chi connectivity index (χ3v) is 7.94. The molecule has 0 atom stereocenters. The van der Waals surface area contributed by atoms with Gasteiger partial charge in [0.25, 0.3) is 5.91 Å². The lowest BCUT2D eigenvalue weighted by atomic mass is 9.96. The highest BCUT2D eigenvalue weighted by atomic mass is 32.2. The first-order chi connectivity index (χ1) is 13.8. The highest BCUT2D eigenvalue weighted by Gasteiger charge is 2.30. The molecule has 1 aliphatic carbocycles. The number of hydrogen-bond donors (Lipinski definition) is 1. The normalized spacial score (nSPS) is 19.3. The Morgan fingerprint density at radius 1 is 1.07 bits per heavy atom. The number of nitrogens with one attached hydrogen (secondary N) is 1. The van der Waals surface area contributed by atoms with Crippen molar-refractivity contribution in [3.8, 4) is 0 Å². The molecule has 1 heterocycles. The van der Waals surface area contributed by atoms with E-state index in [1.165, 1.54) is 17.3 Å². The lowest BCUT2D eigenvalue weighted by molar-refractivity contribution is -0.119. The van der Waals surface area contributed by atoms with Crippen LogP contribution in [0.1, 0.15) is 62.2 Å². The Balaban J connectivity index is 1.70. The van der Waals surface area contributed by atoms with Crippen LogP contribution in [-0.4, -0.2) is 61.7 Å². The second kappa shape index (κ2) is 9.26. The first kappa shape index (κ1) is 21.8. The topological polar surface area (TPSA) is 86.8 Å². The Morgan fingerprint density at radius 2 is 1.72 bits per heavy atom. The molecule has 1 aromatic rings. The number of amides is 2.